The number of nitrogens with two attached hydrogens (primary N) is 1. The first kappa shape index (κ1) is 15.4. The van der Waals surface area contributed by atoms with Gasteiger partial charge in [-0.05, 0) is 19.2 Å². The SMILES string of the molecule is CN(CCOc1ccccc1C(=O)NN)Cc1cscn1. The molecule has 0 fully saturated rings. The number of thiazole rings is 1. The van der Waals surface area contributed by atoms with Crippen molar-refractivity contribution in [2.24, 2.45) is 5.84 Å². The molecule has 6 nitrogen and oxygen atoms in total. The highest BCUT2D eigenvalue weighted by Crippen LogP contribution is 2.17. The highest BCUT2D eigenvalue weighted by atomic mass is 32.1. The van der Waals surface area contributed by atoms with Gasteiger partial charge in [-0.15, -0.1) is 11.3 Å². The fourth-order valence-corrected chi connectivity index (χ4v) is 2.39. The average Bonchev–Trinajstić information content (AvgIpc) is 3.00. The Morgan fingerprint density at radius 2 is 2.29 bits per heavy atom. The van der Waals surface area contributed by atoms with Gasteiger partial charge in [0.1, 0.15) is 12.4 Å². The maximum Gasteiger partial charge on any atom is 0.268 e. The molecule has 0 aliphatic heterocycles. The summed E-state index contributed by atoms with van der Waals surface area (Å²) in [6.07, 6.45) is 0. The number of amides is 1. The molecule has 2 rings (SSSR count). The Bertz CT molecular complexity index is 574. The van der Waals surface area contributed by atoms with Crippen LogP contribution in [0.4, 0.5) is 0 Å². The summed E-state index contributed by atoms with van der Waals surface area (Å²) < 4.78 is 5.67. The second kappa shape index (κ2) is 7.72. The monoisotopic (exact) mass is 306 g/mol. The predicted octanol–water partition coefficient (Wildman–Crippen LogP) is 1.26. The third-order valence-electron chi connectivity index (χ3n) is 2.91. The highest BCUT2D eigenvalue weighted by molar-refractivity contribution is 7.07. The molecule has 0 saturated heterocycles. The number of aromatic nitrogens is 1. The van der Waals surface area contributed by atoms with Crippen LogP contribution in [0.1, 0.15) is 16.1 Å². The minimum Gasteiger partial charge on any atom is -0.491 e. The number of hydrogen-bond acceptors (Lipinski definition) is 6. The Morgan fingerprint density at radius 1 is 1.48 bits per heavy atom. The first-order valence-corrected chi connectivity index (χ1v) is 7.43. The molecule has 0 bridgehead atoms. The zero-order valence-corrected chi connectivity index (χ0v) is 12.6. The van der Waals surface area contributed by atoms with Crippen molar-refractivity contribution in [2.75, 3.05) is 20.2 Å². The standard InChI is InChI=1S/C14H18N4O2S/c1-18(8-11-9-21-10-16-11)6-7-20-13-5-3-2-4-12(13)14(19)17-15/h2-5,9-10H,6-8,15H2,1H3,(H,17,19). The van der Waals surface area contributed by atoms with E-state index in [0.717, 1.165) is 18.8 Å². The van der Waals surface area contributed by atoms with Gasteiger partial charge >= 0.3 is 0 Å². The lowest BCUT2D eigenvalue weighted by Crippen LogP contribution is -2.30. The Labute approximate surface area is 127 Å². The number of para-hydroxylation sites is 1. The van der Waals surface area contributed by atoms with E-state index in [-0.39, 0.29) is 5.91 Å². The molecule has 0 saturated carbocycles. The van der Waals surface area contributed by atoms with Crippen LogP contribution in [0, 0.1) is 0 Å². The van der Waals surface area contributed by atoms with E-state index < -0.39 is 0 Å². The molecule has 0 aliphatic rings. The van der Waals surface area contributed by atoms with Gasteiger partial charge in [-0.2, -0.15) is 0 Å². The predicted molar refractivity (Wildman–Crippen MR) is 82.0 cm³/mol. The van der Waals surface area contributed by atoms with Crippen molar-refractivity contribution < 1.29 is 9.53 Å². The van der Waals surface area contributed by atoms with Crippen LogP contribution in [0.5, 0.6) is 5.75 Å². The maximum absolute atomic E-state index is 11.6. The average molecular weight is 306 g/mol. The summed E-state index contributed by atoms with van der Waals surface area (Å²) >= 11 is 1.58. The first-order chi connectivity index (χ1) is 10.2. The number of carbonyl (C=O) groups is 1. The lowest BCUT2D eigenvalue weighted by atomic mass is 10.2. The van der Waals surface area contributed by atoms with Crippen LogP contribution in [0.25, 0.3) is 0 Å². The minimum absolute atomic E-state index is 0.360. The van der Waals surface area contributed by atoms with E-state index in [1.54, 1.807) is 29.5 Å². The van der Waals surface area contributed by atoms with Gasteiger partial charge in [-0.3, -0.25) is 15.1 Å². The normalized spacial score (nSPS) is 10.6. The summed E-state index contributed by atoms with van der Waals surface area (Å²) in [6.45, 7) is 1.99. The number of rotatable bonds is 7. The van der Waals surface area contributed by atoms with Gasteiger partial charge in [0.05, 0.1) is 16.8 Å². The fraction of sp³-hybridized carbons (Fsp3) is 0.286. The second-order valence-electron chi connectivity index (χ2n) is 4.54. The Balaban J connectivity index is 1.84. The summed E-state index contributed by atoms with van der Waals surface area (Å²) in [5, 5.41) is 2.03. The third-order valence-corrected chi connectivity index (χ3v) is 3.54. The summed E-state index contributed by atoms with van der Waals surface area (Å²) in [5.74, 6) is 5.33. The van der Waals surface area contributed by atoms with Crippen molar-refractivity contribution in [1.29, 1.82) is 0 Å². The highest BCUT2D eigenvalue weighted by Gasteiger charge is 2.10. The quantitative estimate of drug-likeness (QED) is 0.457. The Morgan fingerprint density at radius 3 is 3.00 bits per heavy atom. The zero-order chi connectivity index (χ0) is 15.1. The number of carbonyl (C=O) groups excluding carboxylic acids is 1. The van der Waals surface area contributed by atoms with E-state index in [1.165, 1.54) is 0 Å². The molecule has 2 aromatic rings. The summed E-state index contributed by atoms with van der Waals surface area (Å²) in [7, 11) is 2.00. The van der Waals surface area contributed by atoms with Crippen LogP contribution in [0.3, 0.4) is 0 Å². The molecule has 1 amide bonds. The van der Waals surface area contributed by atoms with Crippen molar-refractivity contribution in [1.82, 2.24) is 15.3 Å². The number of nitrogen functional groups attached to an aromatic ring is 1. The molecular formula is C14H18N4O2S. The van der Waals surface area contributed by atoms with Crippen LogP contribution in [-0.4, -0.2) is 36.0 Å². The molecular weight excluding hydrogens is 288 g/mol. The van der Waals surface area contributed by atoms with Crippen LogP contribution in [0.15, 0.2) is 35.2 Å². The van der Waals surface area contributed by atoms with Crippen molar-refractivity contribution in [3.63, 3.8) is 0 Å². The number of hydrazine groups is 1. The van der Waals surface area contributed by atoms with E-state index in [2.05, 4.69) is 15.3 Å². The molecule has 1 aromatic heterocycles. The van der Waals surface area contributed by atoms with Crippen LogP contribution in [0.2, 0.25) is 0 Å². The number of benzene rings is 1. The zero-order valence-electron chi connectivity index (χ0n) is 11.8. The smallest absolute Gasteiger partial charge is 0.268 e. The third kappa shape index (κ3) is 4.52. The number of likely N-dealkylation sites (N-methyl/N-ethyl adjacent to an activating group) is 1. The van der Waals surface area contributed by atoms with Crippen molar-refractivity contribution in [3.8, 4) is 5.75 Å². The molecule has 7 heteroatoms. The summed E-state index contributed by atoms with van der Waals surface area (Å²) in [4.78, 5) is 18.0. The summed E-state index contributed by atoms with van der Waals surface area (Å²) in [6, 6.07) is 7.02. The van der Waals surface area contributed by atoms with Gasteiger partial charge in [0.25, 0.3) is 5.91 Å². The lowest BCUT2D eigenvalue weighted by Gasteiger charge is -2.16. The largest absolute Gasteiger partial charge is 0.491 e. The van der Waals surface area contributed by atoms with Crippen LogP contribution in [-0.2, 0) is 6.54 Å². The van der Waals surface area contributed by atoms with Crippen molar-refractivity contribution in [2.45, 2.75) is 6.54 Å². The minimum atomic E-state index is -0.360. The molecule has 3 N–H and O–H groups in total. The Hall–Kier alpha value is -1.96. The van der Waals surface area contributed by atoms with Gasteiger partial charge in [0.15, 0.2) is 0 Å². The Kier molecular flexibility index (Phi) is 5.68. The molecule has 0 radical (unpaired) electrons. The van der Waals surface area contributed by atoms with Gasteiger partial charge in [-0.1, -0.05) is 12.1 Å². The number of nitrogens with one attached hydrogen (secondary N) is 1. The molecule has 1 heterocycles. The number of nitrogens with zero attached hydrogens (tertiary/aromatic N) is 2. The molecule has 0 atom stereocenters. The second-order valence-corrected chi connectivity index (χ2v) is 5.25. The molecule has 21 heavy (non-hydrogen) atoms. The van der Waals surface area contributed by atoms with E-state index in [9.17, 15) is 4.79 Å². The van der Waals surface area contributed by atoms with Crippen LogP contribution >= 0.6 is 11.3 Å². The van der Waals surface area contributed by atoms with Crippen LogP contribution < -0.4 is 16.0 Å². The number of hydrogen-bond donors (Lipinski definition) is 2. The van der Waals surface area contributed by atoms with E-state index >= 15 is 0 Å². The van der Waals surface area contributed by atoms with Gasteiger partial charge in [0.2, 0.25) is 0 Å². The molecule has 1 aromatic carbocycles. The lowest BCUT2D eigenvalue weighted by molar-refractivity contribution is 0.0949. The molecule has 0 spiro atoms. The van der Waals surface area contributed by atoms with E-state index in [4.69, 9.17) is 10.6 Å². The first-order valence-electron chi connectivity index (χ1n) is 6.49. The van der Waals surface area contributed by atoms with Gasteiger partial charge in [0, 0.05) is 18.5 Å². The van der Waals surface area contributed by atoms with E-state index in [1.807, 2.05) is 24.0 Å². The summed E-state index contributed by atoms with van der Waals surface area (Å²) in [5.41, 5.74) is 5.41. The van der Waals surface area contributed by atoms with Crippen molar-refractivity contribution in [3.05, 3.63) is 46.4 Å². The maximum atomic E-state index is 11.6. The molecule has 112 valence electrons. The topological polar surface area (TPSA) is 80.5 Å². The molecule has 0 aliphatic carbocycles. The number of ether oxygens (including phenoxy) is 1. The van der Waals surface area contributed by atoms with Gasteiger partial charge in [-0.25, -0.2) is 10.8 Å². The fourth-order valence-electron chi connectivity index (χ4n) is 1.84. The van der Waals surface area contributed by atoms with E-state index in [0.29, 0.717) is 17.9 Å². The molecule has 0 unspecified atom stereocenters. The van der Waals surface area contributed by atoms with Crippen molar-refractivity contribution >= 4 is 17.2 Å². The van der Waals surface area contributed by atoms with Gasteiger partial charge < -0.3 is 4.74 Å².